The van der Waals surface area contributed by atoms with Crippen LogP contribution in [0.3, 0.4) is 0 Å². The van der Waals surface area contributed by atoms with Crippen LogP contribution >= 0.6 is 0 Å². The summed E-state index contributed by atoms with van der Waals surface area (Å²) in [7, 11) is 0. The number of nitrogens with zero attached hydrogens (tertiary/aromatic N) is 1. The normalized spacial score (nSPS) is 11.4. The quantitative estimate of drug-likeness (QED) is 0.742. The minimum Gasteiger partial charge on any atom is -0.492 e. The van der Waals surface area contributed by atoms with Crippen LogP contribution in [0.5, 0.6) is 5.75 Å². The topological polar surface area (TPSA) is 49.8 Å². The maximum Gasteiger partial charge on any atom is 0.328 e. The van der Waals surface area contributed by atoms with Crippen molar-refractivity contribution in [1.29, 1.82) is 0 Å². The van der Waals surface area contributed by atoms with E-state index in [4.69, 9.17) is 9.84 Å². The molecule has 0 fully saturated rings. The fourth-order valence-electron chi connectivity index (χ4n) is 1.94. The van der Waals surface area contributed by atoms with Crippen molar-refractivity contribution in [3.63, 3.8) is 0 Å². The summed E-state index contributed by atoms with van der Waals surface area (Å²) in [4.78, 5) is 12.8. The van der Waals surface area contributed by atoms with Crippen molar-refractivity contribution in [2.45, 2.75) is 26.8 Å². The smallest absolute Gasteiger partial charge is 0.328 e. The average molecular weight is 277 g/mol. The third-order valence-electron chi connectivity index (χ3n) is 3.06. The van der Waals surface area contributed by atoms with E-state index in [0.717, 1.165) is 30.5 Å². The number of hydrogen-bond acceptors (Lipinski definition) is 3. The fourth-order valence-corrected chi connectivity index (χ4v) is 1.94. The highest BCUT2D eigenvalue weighted by molar-refractivity contribution is 5.85. The predicted octanol–water partition coefficient (Wildman–Crippen LogP) is 2.89. The van der Waals surface area contributed by atoms with Crippen LogP contribution in [0.1, 0.15) is 26.3 Å². The first-order valence-corrected chi connectivity index (χ1v) is 6.91. The molecule has 0 unspecified atom stereocenters. The lowest BCUT2D eigenvalue weighted by molar-refractivity contribution is -0.131. The first-order valence-electron chi connectivity index (χ1n) is 6.91. The number of aliphatic carboxylic acids is 1. The highest BCUT2D eigenvalue weighted by atomic mass is 16.5. The van der Waals surface area contributed by atoms with Gasteiger partial charge in [-0.2, -0.15) is 0 Å². The molecule has 0 spiro atoms. The van der Waals surface area contributed by atoms with Crippen molar-refractivity contribution in [2.24, 2.45) is 0 Å². The second-order valence-electron chi connectivity index (χ2n) is 4.81. The lowest BCUT2D eigenvalue weighted by Gasteiger charge is -2.24. The Hall–Kier alpha value is -1.81. The number of benzene rings is 1. The Morgan fingerprint density at radius 1 is 1.45 bits per heavy atom. The molecule has 110 valence electrons. The number of hydrogen-bond donors (Lipinski definition) is 1. The molecule has 0 aromatic heterocycles. The first kappa shape index (κ1) is 16.2. The zero-order chi connectivity index (χ0) is 15.0. The summed E-state index contributed by atoms with van der Waals surface area (Å²) in [6.45, 7) is 8.98. The molecule has 0 aliphatic carbocycles. The molecule has 4 nitrogen and oxygen atoms in total. The zero-order valence-corrected chi connectivity index (χ0v) is 12.4. The Morgan fingerprint density at radius 3 is 2.80 bits per heavy atom. The Labute approximate surface area is 120 Å². The van der Waals surface area contributed by atoms with Crippen LogP contribution in [-0.2, 0) is 4.79 Å². The number of carboxylic acids is 1. The van der Waals surface area contributed by atoms with Gasteiger partial charge in [-0.3, -0.25) is 4.90 Å². The van der Waals surface area contributed by atoms with Gasteiger partial charge >= 0.3 is 5.97 Å². The Kier molecular flexibility index (Phi) is 6.81. The summed E-state index contributed by atoms with van der Waals surface area (Å²) in [6.07, 6.45) is 2.68. The van der Waals surface area contributed by atoms with Gasteiger partial charge in [0.05, 0.1) is 0 Å². The molecule has 0 aliphatic rings. The van der Waals surface area contributed by atoms with Crippen LogP contribution in [0, 0.1) is 0 Å². The van der Waals surface area contributed by atoms with Crippen molar-refractivity contribution in [2.75, 3.05) is 19.7 Å². The highest BCUT2D eigenvalue weighted by Gasteiger charge is 2.06. The van der Waals surface area contributed by atoms with Gasteiger partial charge in [0.2, 0.25) is 0 Å². The summed E-state index contributed by atoms with van der Waals surface area (Å²) in [5.41, 5.74) is 0.820. The number of likely N-dealkylation sites (N-methyl/N-ethyl adjacent to an activating group) is 1. The standard InChI is InChI=1S/C16H23NO3/c1-4-17(13(2)3)10-11-20-15-7-5-6-14(12-15)8-9-16(18)19/h5-9,12-13H,4,10-11H2,1-3H3,(H,18,19). The van der Waals surface area contributed by atoms with Gasteiger partial charge in [0.15, 0.2) is 0 Å². The van der Waals surface area contributed by atoms with E-state index in [0.29, 0.717) is 12.6 Å². The Morgan fingerprint density at radius 2 is 2.20 bits per heavy atom. The van der Waals surface area contributed by atoms with Crippen LogP contribution in [0.15, 0.2) is 30.3 Å². The van der Waals surface area contributed by atoms with Crippen molar-refractivity contribution in [3.8, 4) is 5.75 Å². The van der Waals surface area contributed by atoms with Gasteiger partial charge in [0.25, 0.3) is 0 Å². The van der Waals surface area contributed by atoms with Gasteiger partial charge in [0, 0.05) is 18.7 Å². The molecule has 1 aromatic rings. The molecule has 1 aromatic carbocycles. The van der Waals surface area contributed by atoms with E-state index in [2.05, 4.69) is 25.7 Å². The third-order valence-corrected chi connectivity index (χ3v) is 3.06. The van der Waals surface area contributed by atoms with E-state index in [-0.39, 0.29) is 0 Å². The molecule has 0 amide bonds. The SMILES string of the molecule is CCN(CCOc1cccc(C=CC(=O)O)c1)C(C)C. The fraction of sp³-hybridized carbons (Fsp3) is 0.438. The lowest BCUT2D eigenvalue weighted by atomic mass is 10.2. The Balaban J connectivity index is 2.52. The van der Waals surface area contributed by atoms with Gasteiger partial charge in [-0.05, 0) is 44.2 Å². The molecule has 20 heavy (non-hydrogen) atoms. The molecule has 4 heteroatoms. The van der Waals surface area contributed by atoms with E-state index in [1.165, 1.54) is 0 Å². The number of carboxylic acid groups (broad SMARTS) is 1. The van der Waals surface area contributed by atoms with Crippen LogP contribution in [0.2, 0.25) is 0 Å². The molecular weight excluding hydrogens is 254 g/mol. The van der Waals surface area contributed by atoms with Crippen LogP contribution in [0.25, 0.3) is 6.08 Å². The molecular formula is C16H23NO3. The molecule has 0 heterocycles. The molecule has 0 bridgehead atoms. The van der Waals surface area contributed by atoms with E-state index in [9.17, 15) is 4.79 Å². The lowest BCUT2D eigenvalue weighted by Crippen LogP contribution is -2.34. The van der Waals surface area contributed by atoms with Gasteiger partial charge < -0.3 is 9.84 Å². The van der Waals surface area contributed by atoms with E-state index in [1.54, 1.807) is 6.08 Å². The highest BCUT2D eigenvalue weighted by Crippen LogP contribution is 2.14. The van der Waals surface area contributed by atoms with Crippen LogP contribution in [-0.4, -0.2) is 41.7 Å². The van der Waals surface area contributed by atoms with Gasteiger partial charge in [-0.25, -0.2) is 4.79 Å². The zero-order valence-electron chi connectivity index (χ0n) is 12.4. The van der Waals surface area contributed by atoms with E-state index < -0.39 is 5.97 Å². The van der Waals surface area contributed by atoms with Crippen molar-refractivity contribution >= 4 is 12.0 Å². The maximum absolute atomic E-state index is 10.5. The van der Waals surface area contributed by atoms with Gasteiger partial charge in [-0.15, -0.1) is 0 Å². The third kappa shape index (κ3) is 5.89. The largest absolute Gasteiger partial charge is 0.492 e. The second kappa shape index (κ2) is 8.38. The summed E-state index contributed by atoms with van der Waals surface area (Å²) >= 11 is 0. The average Bonchev–Trinajstić information content (AvgIpc) is 2.41. The van der Waals surface area contributed by atoms with Crippen molar-refractivity contribution in [3.05, 3.63) is 35.9 Å². The van der Waals surface area contributed by atoms with Crippen LogP contribution < -0.4 is 4.74 Å². The number of carbonyl (C=O) groups is 1. The molecule has 1 rings (SSSR count). The van der Waals surface area contributed by atoms with Crippen LogP contribution in [0.4, 0.5) is 0 Å². The maximum atomic E-state index is 10.5. The minimum absolute atomic E-state index is 0.508. The van der Waals surface area contributed by atoms with Gasteiger partial charge in [0.1, 0.15) is 12.4 Å². The summed E-state index contributed by atoms with van der Waals surface area (Å²) in [6, 6.07) is 7.93. The molecule has 0 saturated carbocycles. The molecule has 0 aliphatic heterocycles. The van der Waals surface area contributed by atoms with Gasteiger partial charge in [-0.1, -0.05) is 19.1 Å². The van der Waals surface area contributed by atoms with E-state index in [1.807, 2.05) is 24.3 Å². The molecule has 1 N–H and O–H groups in total. The first-order chi connectivity index (χ1) is 9.52. The summed E-state index contributed by atoms with van der Waals surface area (Å²) in [5, 5.41) is 8.60. The molecule has 0 atom stereocenters. The Bertz CT molecular complexity index is 455. The number of ether oxygens (including phenoxy) is 1. The monoisotopic (exact) mass is 277 g/mol. The molecule has 0 radical (unpaired) electrons. The summed E-state index contributed by atoms with van der Waals surface area (Å²) in [5.74, 6) is -0.191. The molecule has 0 saturated heterocycles. The van der Waals surface area contributed by atoms with Crippen molar-refractivity contribution < 1.29 is 14.6 Å². The summed E-state index contributed by atoms with van der Waals surface area (Å²) < 4.78 is 5.71. The van der Waals surface area contributed by atoms with Crippen molar-refractivity contribution in [1.82, 2.24) is 4.90 Å². The van der Waals surface area contributed by atoms with E-state index >= 15 is 0 Å². The second-order valence-corrected chi connectivity index (χ2v) is 4.81. The number of rotatable bonds is 8. The predicted molar refractivity (Wildman–Crippen MR) is 81.0 cm³/mol. The minimum atomic E-state index is -0.952.